The Labute approximate surface area is 103 Å². The lowest BCUT2D eigenvalue weighted by molar-refractivity contribution is -0.122. The number of rotatable bonds is 1. The topological polar surface area (TPSA) is 54.4 Å². The minimum atomic E-state index is -0.250. The van der Waals surface area contributed by atoms with E-state index in [2.05, 4.69) is 20.8 Å². The van der Waals surface area contributed by atoms with Crippen LogP contribution in [0.25, 0.3) is 0 Å². The largest absolute Gasteiger partial charge is 0.483 e. The maximum atomic E-state index is 10.4. The molecule has 0 saturated heterocycles. The van der Waals surface area contributed by atoms with Crippen LogP contribution in [-0.2, 0) is 10.2 Å². The molecule has 0 aliphatic rings. The van der Waals surface area contributed by atoms with Gasteiger partial charge >= 0.3 is 0 Å². The Morgan fingerprint density at radius 1 is 1.00 bits per heavy atom. The zero-order valence-corrected chi connectivity index (χ0v) is 11.2. The Morgan fingerprint density at radius 3 is 1.59 bits per heavy atom. The zero-order valence-electron chi connectivity index (χ0n) is 11.2. The average molecular weight is 238 g/mol. The molecule has 1 aromatic carbocycles. The van der Waals surface area contributed by atoms with Crippen molar-refractivity contribution in [2.45, 2.75) is 40.0 Å². The molecule has 0 aromatic heterocycles. The van der Waals surface area contributed by atoms with Crippen LogP contribution in [0.15, 0.2) is 24.3 Å². The normalized spacial score (nSPS) is 9.00. The molecule has 17 heavy (non-hydrogen) atoms. The first-order valence-electron chi connectivity index (χ1n) is 5.59. The predicted molar refractivity (Wildman–Crippen MR) is 70.6 cm³/mol. The molecule has 1 N–H and O–H groups in total. The molecule has 0 radical (unpaired) electrons. The number of benzene rings is 1. The van der Waals surface area contributed by atoms with Crippen molar-refractivity contribution in [3.05, 3.63) is 35.4 Å². The lowest BCUT2D eigenvalue weighted by atomic mass is 9.87. The van der Waals surface area contributed by atoms with E-state index in [0.717, 1.165) is 11.8 Å². The molecule has 0 bridgehead atoms. The monoisotopic (exact) mass is 238 g/mol. The number of hydrogen-bond acceptors (Lipinski definition) is 2. The molecule has 1 aromatic rings. The molecule has 3 heteroatoms. The summed E-state index contributed by atoms with van der Waals surface area (Å²) in [7, 11) is 0. The average Bonchev–Trinajstić information content (AvgIpc) is 2.32. The van der Waals surface area contributed by atoms with E-state index in [4.69, 9.17) is 9.90 Å². The summed E-state index contributed by atoms with van der Waals surface area (Å²) in [5, 5.41) is 6.89. The Bertz CT molecular complexity index is 307. The molecule has 0 saturated carbocycles. The molecular formula is C14H22O3. The van der Waals surface area contributed by atoms with Gasteiger partial charge in [-0.25, -0.2) is 0 Å². The summed E-state index contributed by atoms with van der Waals surface area (Å²) in [6.45, 7) is 10.2. The molecular weight excluding hydrogens is 216 g/mol. The van der Waals surface area contributed by atoms with Crippen LogP contribution in [0.5, 0.6) is 0 Å². The van der Waals surface area contributed by atoms with Gasteiger partial charge in [0.05, 0.1) is 0 Å². The molecule has 0 atom stereocenters. The van der Waals surface area contributed by atoms with E-state index >= 15 is 0 Å². The lowest BCUT2D eigenvalue weighted by Gasteiger charge is -2.18. The standard InChI is InChI=1S/C11H14O.C2H6.CH2O2/c1-11(2,3)10-6-4-9(8-12)5-7-10;1-2;2-1-3/h4-8H,1-3H3;1-2H3;1H,(H,2,3). The Morgan fingerprint density at radius 2 is 1.35 bits per heavy atom. The van der Waals surface area contributed by atoms with Gasteiger partial charge in [0.2, 0.25) is 0 Å². The van der Waals surface area contributed by atoms with Gasteiger partial charge in [-0.05, 0) is 11.0 Å². The van der Waals surface area contributed by atoms with Crippen molar-refractivity contribution in [1.29, 1.82) is 0 Å². The predicted octanol–water partition coefficient (Wildman–Crippen LogP) is 3.52. The van der Waals surface area contributed by atoms with Crippen molar-refractivity contribution in [2.75, 3.05) is 0 Å². The van der Waals surface area contributed by atoms with Crippen LogP contribution in [0.1, 0.15) is 50.5 Å². The molecule has 0 fully saturated rings. The maximum absolute atomic E-state index is 10.4. The molecule has 0 aliphatic carbocycles. The van der Waals surface area contributed by atoms with Crippen LogP contribution in [0.2, 0.25) is 0 Å². The Kier molecular flexibility index (Phi) is 10.00. The summed E-state index contributed by atoms with van der Waals surface area (Å²) in [6.07, 6.45) is 0.867. The third-order valence-corrected chi connectivity index (χ3v) is 1.91. The van der Waals surface area contributed by atoms with Gasteiger partial charge in [0, 0.05) is 5.56 Å². The second-order valence-corrected chi connectivity index (χ2v) is 4.10. The summed E-state index contributed by atoms with van der Waals surface area (Å²) >= 11 is 0. The van der Waals surface area contributed by atoms with Crippen LogP contribution in [0, 0.1) is 0 Å². The minimum absolute atomic E-state index is 0.168. The highest BCUT2D eigenvalue weighted by Crippen LogP contribution is 2.21. The van der Waals surface area contributed by atoms with Gasteiger partial charge in [-0.15, -0.1) is 0 Å². The van der Waals surface area contributed by atoms with E-state index in [0.29, 0.717) is 0 Å². The fourth-order valence-corrected chi connectivity index (χ4v) is 1.06. The van der Waals surface area contributed by atoms with E-state index in [9.17, 15) is 4.79 Å². The van der Waals surface area contributed by atoms with E-state index in [1.54, 1.807) is 0 Å². The first-order chi connectivity index (χ1) is 7.95. The highest BCUT2D eigenvalue weighted by Gasteiger charge is 2.12. The summed E-state index contributed by atoms with van der Waals surface area (Å²) in [6, 6.07) is 7.72. The molecule has 0 aliphatic heterocycles. The summed E-state index contributed by atoms with van der Waals surface area (Å²) in [5.74, 6) is 0. The van der Waals surface area contributed by atoms with Crippen LogP contribution >= 0.6 is 0 Å². The van der Waals surface area contributed by atoms with Crippen molar-refractivity contribution in [2.24, 2.45) is 0 Å². The lowest BCUT2D eigenvalue weighted by Crippen LogP contribution is -2.10. The summed E-state index contributed by atoms with van der Waals surface area (Å²) in [4.78, 5) is 18.7. The van der Waals surface area contributed by atoms with E-state index in [-0.39, 0.29) is 11.9 Å². The fourth-order valence-electron chi connectivity index (χ4n) is 1.06. The quantitative estimate of drug-likeness (QED) is 0.761. The molecule has 0 amide bonds. The third-order valence-electron chi connectivity index (χ3n) is 1.91. The van der Waals surface area contributed by atoms with Crippen molar-refractivity contribution >= 4 is 12.8 Å². The second-order valence-electron chi connectivity index (χ2n) is 4.10. The fraction of sp³-hybridized carbons (Fsp3) is 0.429. The van der Waals surface area contributed by atoms with Gasteiger partial charge < -0.3 is 5.11 Å². The first-order valence-corrected chi connectivity index (χ1v) is 5.59. The van der Waals surface area contributed by atoms with Crippen molar-refractivity contribution < 1.29 is 14.7 Å². The van der Waals surface area contributed by atoms with Crippen molar-refractivity contribution in [3.63, 3.8) is 0 Å². The zero-order chi connectivity index (χ0) is 13.9. The highest BCUT2D eigenvalue weighted by atomic mass is 16.3. The second kappa shape index (κ2) is 9.58. The van der Waals surface area contributed by atoms with Gasteiger partial charge in [0.25, 0.3) is 6.47 Å². The number of carbonyl (C=O) groups is 2. The SMILES string of the molecule is CC.CC(C)(C)c1ccc(C=O)cc1.O=CO. The van der Waals surface area contributed by atoms with E-state index in [1.807, 2.05) is 38.1 Å². The smallest absolute Gasteiger partial charge is 0.290 e. The van der Waals surface area contributed by atoms with Crippen LogP contribution < -0.4 is 0 Å². The van der Waals surface area contributed by atoms with E-state index in [1.165, 1.54) is 5.56 Å². The van der Waals surface area contributed by atoms with Crippen molar-refractivity contribution in [3.8, 4) is 0 Å². The van der Waals surface area contributed by atoms with Gasteiger partial charge in [0.15, 0.2) is 0 Å². The van der Waals surface area contributed by atoms with E-state index < -0.39 is 0 Å². The number of aldehydes is 1. The van der Waals surface area contributed by atoms with Gasteiger partial charge in [-0.1, -0.05) is 58.9 Å². The van der Waals surface area contributed by atoms with Crippen LogP contribution in [0.4, 0.5) is 0 Å². The summed E-state index contributed by atoms with van der Waals surface area (Å²) in [5.41, 5.74) is 2.16. The molecule has 0 unspecified atom stereocenters. The molecule has 3 nitrogen and oxygen atoms in total. The minimum Gasteiger partial charge on any atom is -0.483 e. The molecule has 0 heterocycles. The van der Waals surface area contributed by atoms with Crippen LogP contribution in [-0.4, -0.2) is 17.9 Å². The number of carbonyl (C=O) groups excluding carboxylic acids is 1. The number of hydrogen-bond donors (Lipinski definition) is 1. The van der Waals surface area contributed by atoms with Crippen LogP contribution in [0.3, 0.4) is 0 Å². The molecule has 0 spiro atoms. The number of carboxylic acid groups (broad SMARTS) is 1. The van der Waals surface area contributed by atoms with Crippen molar-refractivity contribution in [1.82, 2.24) is 0 Å². The third kappa shape index (κ3) is 8.20. The highest BCUT2D eigenvalue weighted by molar-refractivity contribution is 5.74. The molecule has 96 valence electrons. The Hall–Kier alpha value is -1.64. The Balaban J connectivity index is 0. The summed E-state index contributed by atoms with van der Waals surface area (Å²) < 4.78 is 0. The van der Waals surface area contributed by atoms with Gasteiger partial charge in [-0.2, -0.15) is 0 Å². The maximum Gasteiger partial charge on any atom is 0.290 e. The van der Waals surface area contributed by atoms with Gasteiger partial charge in [0.1, 0.15) is 6.29 Å². The first kappa shape index (κ1) is 17.7. The van der Waals surface area contributed by atoms with Gasteiger partial charge in [-0.3, -0.25) is 9.59 Å². The molecule has 1 rings (SSSR count).